The minimum Gasteiger partial charge on any atom is -0.378 e. The van der Waals surface area contributed by atoms with E-state index in [1.54, 1.807) is 0 Å². The van der Waals surface area contributed by atoms with Crippen molar-refractivity contribution < 1.29 is 14.1 Å². The maximum atomic E-state index is 12.7. The maximum Gasteiger partial charge on any atom is 0.144 e. The van der Waals surface area contributed by atoms with Crippen molar-refractivity contribution in [3.05, 3.63) is 90.3 Å². The average molecular weight is 479 g/mol. The fourth-order valence-corrected chi connectivity index (χ4v) is 4.65. The summed E-state index contributed by atoms with van der Waals surface area (Å²) in [6.45, 7) is 3.13. The van der Waals surface area contributed by atoms with Gasteiger partial charge in [-0.05, 0) is 23.3 Å². The van der Waals surface area contributed by atoms with E-state index in [4.69, 9.17) is 9.26 Å². The fraction of sp³-hybridized carbons (Fsp3) is 0.207. The summed E-state index contributed by atoms with van der Waals surface area (Å²) in [6, 6.07) is 23.9. The predicted octanol–water partition coefficient (Wildman–Crippen LogP) is 5.08. The van der Waals surface area contributed by atoms with E-state index in [0.717, 1.165) is 71.1 Å². The van der Waals surface area contributed by atoms with Crippen molar-refractivity contribution in [2.45, 2.75) is 12.8 Å². The van der Waals surface area contributed by atoms with Gasteiger partial charge in [0.25, 0.3) is 0 Å². The first-order valence-electron chi connectivity index (χ1n) is 12.2. The highest BCUT2D eigenvalue weighted by molar-refractivity contribution is 5.94. The second-order valence-corrected chi connectivity index (χ2v) is 9.01. The average Bonchev–Trinajstić information content (AvgIpc) is 3.57. The zero-order valence-electron chi connectivity index (χ0n) is 19.8. The Labute approximate surface area is 208 Å². The normalized spacial score (nSPS) is 13.8. The molecule has 6 rings (SSSR count). The molecule has 1 fully saturated rings. The van der Waals surface area contributed by atoms with Crippen LogP contribution in [0.5, 0.6) is 0 Å². The molecule has 7 heteroatoms. The van der Waals surface area contributed by atoms with Crippen molar-refractivity contribution in [2.75, 3.05) is 31.2 Å². The van der Waals surface area contributed by atoms with E-state index in [0.29, 0.717) is 12.2 Å². The monoisotopic (exact) mass is 478 g/mol. The Kier molecular flexibility index (Phi) is 6.05. The van der Waals surface area contributed by atoms with Crippen molar-refractivity contribution in [3.8, 4) is 22.5 Å². The number of H-pyrrole nitrogens is 1. The van der Waals surface area contributed by atoms with Crippen molar-refractivity contribution in [2.24, 2.45) is 0 Å². The molecule has 0 atom stereocenters. The number of ketones is 1. The summed E-state index contributed by atoms with van der Waals surface area (Å²) in [5.41, 5.74) is 5.84. The van der Waals surface area contributed by atoms with Crippen LogP contribution in [0.25, 0.3) is 33.4 Å². The number of rotatable bonds is 7. The summed E-state index contributed by atoms with van der Waals surface area (Å²) in [5, 5.41) is 5.21. The number of ether oxygens (including phenoxy) is 1. The molecule has 3 aromatic heterocycles. The highest BCUT2D eigenvalue weighted by Crippen LogP contribution is 2.30. The van der Waals surface area contributed by atoms with Crippen LogP contribution < -0.4 is 4.90 Å². The van der Waals surface area contributed by atoms with Gasteiger partial charge in [-0.1, -0.05) is 59.8 Å². The van der Waals surface area contributed by atoms with Gasteiger partial charge in [0.2, 0.25) is 0 Å². The number of Topliss-reactive ketones (excluding diaryl/α,β-unsaturated/α-hetero) is 1. The van der Waals surface area contributed by atoms with Gasteiger partial charge in [0, 0.05) is 48.4 Å². The number of anilines is 1. The molecule has 0 amide bonds. The summed E-state index contributed by atoms with van der Waals surface area (Å²) in [6.07, 6.45) is 2.42. The number of carbonyl (C=O) groups excluding carboxylic acids is 1. The number of nitrogens with one attached hydrogen (secondary N) is 1. The smallest absolute Gasteiger partial charge is 0.144 e. The maximum absolute atomic E-state index is 12.7. The molecule has 2 aromatic carbocycles. The molecule has 1 N–H and O–H groups in total. The fourth-order valence-electron chi connectivity index (χ4n) is 4.65. The summed E-state index contributed by atoms with van der Waals surface area (Å²) in [7, 11) is 0. The Balaban J connectivity index is 1.14. The molecular formula is C29H26N4O3. The third kappa shape index (κ3) is 4.65. The molecule has 0 bridgehead atoms. The number of nitrogens with zero attached hydrogens (tertiary/aromatic N) is 3. The molecule has 36 heavy (non-hydrogen) atoms. The number of aromatic nitrogens is 3. The predicted molar refractivity (Wildman–Crippen MR) is 139 cm³/mol. The molecule has 0 unspecified atom stereocenters. The van der Waals surface area contributed by atoms with Crippen molar-refractivity contribution >= 4 is 22.5 Å². The van der Waals surface area contributed by atoms with Gasteiger partial charge < -0.3 is 19.1 Å². The number of benzene rings is 2. The highest BCUT2D eigenvalue weighted by Gasteiger charge is 2.17. The van der Waals surface area contributed by atoms with Gasteiger partial charge in [-0.15, -0.1) is 0 Å². The van der Waals surface area contributed by atoms with E-state index in [1.165, 1.54) is 0 Å². The van der Waals surface area contributed by atoms with Crippen molar-refractivity contribution in [1.29, 1.82) is 0 Å². The first kappa shape index (κ1) is 22.2. The lowest BCUT2D eigenvalue weighted by molar-refractivity contribution is -0.118. The van der Waals surface area contributed by atoms with Crippen LogP contribution in [0.4, 0.5) is 5.82 Å². The lowest BCUT2D eigenvalue weighted by Gasteiger charge is -2.28. The van der Waals surface area contributed by atoms with E-state index in [-0.39, 0.29) is 12.2 Å². The van der Waals surface area contributed by atoms with Crippen LogP contribution >= 0.6 is 0 Å². The Hall–Kier alpha value is -4.23. The molecule has 0 radical (unpaired) electrons. The summed E-state index contributed by atoms with van der Waals surface area (Å²) >= 11 is 0. The molecule has 1 aliphatic heterocycles. The molecule has 4 heterocycles. The highest BCUT2D eigenvalue weighted by atomic mass is 16.5. The Morgan fingerprint density at radius 3 is 2.53 bits per heavy atom. The van der Waals surface area contributed by atoms with E-state index >= 15 is 0 Å². The SMILES string of the molecule is O=C(Cc1ccc(-c2cc3c(N4CCOCC4)nccc3[nH]2)cc1)Cc1cc(-c2ccccc2)no1. The topological polar surface area (TPSA) is 84.3 Å². The number of pyridine rings is 1. The van der Waals surface area contributed by atoms with Crippen molar-refractivity contribution in [3.63, 3.8) is 0 Å². The third-order valence-corrected chi connectivity index (χ3v) is 6.50. The van der Waals surface area contributed by atoms with Crippen LogP contribution in [0.15, 0.2) is 83.5 Å². The first-order valence-corrected chi connectivity index (χ1v) is 12.2. The summed E-state index contributed by atoms with van der Waals surface area (Å²) in [5.74, 6) is 1.66. The standard InChI is InChI=1S/C29H26N4O3/c34-23(17-24-18-28(32-36-24)21-4-2-1-3-5-21)16-20-6-8-22(9-7-20)27-19-25-26(31-27)10-11-30-29(25)33-12-14-35-15-13-33/h1-11,18-19,31H,12-17H2. The number of aromatic amines is 1. The van der Waals surface area contributed by atoms with Gasteiger partial charge >= 0.3 is 0 Å². The second kappa shape index (κ2) is 9.79. The van der Waals surface area contributed by atoms with Crippen LogP contribution in [0.3, 0.4) is 0 Å². The largest absolute Gasteiger partial charge is 0.378 e. The zero-order valence-corrected chi connectivity index (χ0v) is 19.8. The van der Waals surface area contributed by atoms with E-state index in [2.05, 4.69) is 38.2 Å². The summed E-state index contributed by atoms with van der Waals surface area (Å²) in [4.78, 5) is 23.1. The second-order valence-electron chi connectivity index (χ2n) is 9.01. The molecule has 0 spiro atoms. The number of carbonyl (C=O) groups is 1. The van der Waals surface area contributed by atoms with Gasteiger partial charge in [-0.25, -0.2) is 4.98 Å². The Bertz CT molecular complexity index is 1480. The summed E-state index contributed by atoms with van der Waals surface area (Å²) < 4.78 is 10.9. The van der Waals surface area contributed by atoms with Crippen LogP contribution in [-0.4, -0.2) is 47.2 Å². The molecule has 5 aromatic rings. The van der Waals surface area contributed by atoms with Gasteiger partial charge in [0.15, 0.2) is 0 Å². The molecular weight excluding hydrogens is 452 g/mol. The minimum atomic E-state index is 0.0883. The molecule has 1 saturated heterocycles. The van der Waals surface area contributed by atoms with Crippen molar-refractivity contribution in [1.82, 2.24) is 15.1 Å². The molecule has 180 valence electrons. The van der Waals surface area contributed by atoms with Crippen LogP contribution in [0, 0.1) is 0 Å². The number of fused-ring (bicyclic) bond motifs is 1. The molecule has 7 nitrogen and oxygen atoms in total. The Morgan fingerprint density at radius 1 is 0.917 bits per heavy atom. The van der Waals surface area contributed by atoms with E-state index < -0.39 is 0 Å². The number of hydrogen-bond donors (Lipinski definition) is 1. The van der Waals surface area contributed by atoms with Crippen LogP contribution in [0.2, 0.25) is 0 Å². The molecule has 1 aliphatic rings. The molecule has 0 saturated carbocycles. The van der Waals surface area contributed by atoms with Gasteiger partial charge in [-0.2, -0.15) is 0 Å². The van der Waals surface area contributed by atoms with Gasteiger partial charge in [-0.3, -0.25) is 4.79 Å². The zero-order chi connectivity index (χ0) is 24.3. The molecule has 0 aliphatic carbocycles. The number of hydrogen-bond acceptors (Lipinski definition) is 6. The van der Waals surface area contributed by atoms with Crippen LogP contribution in [-0.2, 0) is 22.4 Å². The third-order valence-electron chi connectivity index (χ3n) is 6.50. The number of morpholine rings is 1. The lowest BCUT2D eigenvalue weighted by Crippen LogP contribution is -2.36. The van der Waals surface area contributed by atoms with Crippen LogP contribution in [0.1, 0.15) is 11.3 Å². The van der Waals surface area contributed by atoms with Gasteiger partial charge in [0.05, 0.1) is 25.2 Å². The lowest BCUT2D eigenvalue weighted by atomic mass is 10.0. The first-order chi connectivity index (χ1) is 17.7. The quantitative estimate of drug-likeness (QED) is 0.351. The minimum absolute atomic E-state index is 0.0883. The van der Waals surface area contributed by atoms with E-state index in [1.807, 2.05) is 60.8 Å². The van der Waals surface area contributed by atoms with Gasteiger partial charge in [0.1, 0.15) is 23.1 Å². The Morgan fingerprint density at radius 2 is 1.72 bits per heavy atom. The van der Waals surface area contributed by atoms with E-state index in [9.17, 15) is 4.79 Å².